The van der Waals surface area contributed by atoms with Crippen LogP contribution in [0, 0.1) is 28.6 Å². The fourth-order valence-electron chi connectivity index (χ4n) is 7.82. The lowest BCUT2D eigenvalue weighted by Gasteiger charge is -2.57. The summed E-state index contributed by atoms with van der Waals surface area (Å²) in [7, 11) is 0. The van der Waals surface area contributed by atoms with Crippen LogP contribution in [0.3, 0.4) is 0 Å². The second-order valence-electron chi connectivity index (χ2n) is 10.6. The van der Waals surface area contributed by atoms with Crippen molar-refractivity contribution in [2.24, 2.45) is 28.6 Å². The van der Waals surface area contributed by atoms with Crippen LogP contribution < -0.4 is 0 Å². The van der Waals surface area contributed by atoms with Crippen molar-refractivity contribution in [1.82, 2.24) is 4.98 Å². The molecule has 0 radical (unpaired) electrons. The van der Waals surface area contributed by atoms with Crippen molar-refractivity contribution in [3.63, 3.8) is 0 Å². The number of allylic oxidation sites excluding steroid dienone is 2. The lowest BCUT2D eigenvalue weighted by atomic mass is 9.47. The number of hydrogen-bond acceptors (Lipinski definition) is 3. The molecule has 1 aromatic carbocycles. The maximum Gasteiger partial charge on any atom is 0.139 e. The van der Waals surface area contributed by atoms with Gasteiger partial charge >= 0.3 is 0 Å². The number of Topliss-reactive ketones (excluding diaryl/α,β-unsaturated/α-hetero) is 1. The van der Waals surface area contributed by atoms with E-state index < -0.39 is 0 Å². The Morgan fingerprint density at radius 3 is 2.72 bits per heavy atom. The Morgan fingerprint density at radius 2 is 1.86 bits per heavy atom. The zero-order chi connectivity index (χ0) is 19.8. The predicted molar refractivity (Wildman–Crippen MR) is 119 cm³/mol. The Labute approximate surface area is 177 Å². The van der Waals surface area contributed by atoms with Gasteiger partial charge in [0, 0.05) is 17.8 Å². The van der Waals surface area contributed by atoms with Crippen LogP contribution >= 0.6 is 11.3 Å². The summed E-state index contributed by atoms with van der Waals surface area (Å²) in [6, 6.07) is 8.59. The van der Waals surface area contributed by atoms with Gasteiger partial charge in [-0.25, -0.2) is 4.98 Å². The quantitative estimate of drug-likeness (QED) is 0.482. The molecule has 6 rings (SSSR count). The van der Waals surface area contributed by atoms with Gasteiger partial charge in [0.25, 0.3) is 0 Å². The third kappa shape index (κ3) is 2.52. The average Bonchev–Trinajstić information content (AvgIpc) is 3.28. The van der Waals surface area contributed by atoms with Crippen LogP contribution in [0.25, 0.3) is 10.2 Å². The summed E-state index contributed by atoms with van der Waals surface area (Å²) in [5.41, 5.74) is 3.17. The molecule has 0 bridgehead atoms. The van der Waals surface area contributed by atoms with E-state index in [2.05, 4.69) is 44.2 Å². The van der Waals surface area contributed by atoms with Gasteiger partial charge < -0.3 is 0 Å². The first-order valence-electron chi connectivity index (χ1n) is 11.6. The van der Waals surface area contributed by atoms with Crippen molar-refractivity contribution in [1.29, 1.82) is 0 Å². The van der Waals surface area contributed by atoms with Gasteiger partial charge in [-0.05, 0) is 80.2 Å². The molecule has 0 N–H and O–H groups in total. The second kappa shape index (κ2) is 6.26. The number of fused-ring (bicyclic) bond motifs is 6. The van der Waals surface area contributed by atoms with Crippen molar-refractivity contribution in [3.8, 4) is 0 Å². The van der Waals surface area contributed by atoms with E-state index in [4.69, 9.17) is 4.98 Å². The van der Waals surface area contributed by atoms with Gasteiger partial charge in [0.15, 0.2) is 0 Å². The van der Waals surface area contributed by atoms with E-state index in [1.165, 1.54) is 47.3 Å². The van der Waals surface area contributed by atoms with Crippen molar-refractivity contribution < 1.29 is 4.79 Å². The van der Waals surface area contributed by atoms with E-state index in [1.54, 1.807) is 5.57 Å². The first-order chi connectivity index (χ1) is 14.0. The number of rotatable bonds is 1. The second-order valence-corrected chi connectivity index (χ2v) is 11.7. The Balaban J connectivity index is 1.33. The molecule has 152 valence electrons. The molecular weight excluding hydrogens is 374 g/mol. The topological polar surface area (TPSA) is 30.0 Å². The SMILES string of the molecule is C[C@]12CC(c3nc4ccccc4s3)CCC1=CC[C@@H]1[C@@H]2CC[C@]2(C)C(=O)CC[C@@H]12. The molecule has 0 saturated heterocycles. The molecule has 2 aromatic rings. The van der Waals surface area contributed by atoms with Gasteiger partial charge in [-0.1, -0.05) is 37.6 Å². The third-order valence-corrected chi connectivity index (χ3v) is 10.6. The predicted octanol–water partition coefficient (Wildman–Crippen LogP) is 6.91. The minimum atomic E-state index is -0.0238. The Hall–Kier alpha value is -1.48. The zero-order valence-electron chi connectivity index (χ0n) is 17.6. The van der Waals surface area contributed by atoms with E-state index in [-0.39, 0.29) is 5.41 Å². The van der Waals surface area contributed by atoms with E-state index in [0.717, 1.165) is 25.2 Å². The van der Waals surface area contributed by atoms with Crippen LogP contribution in [0.5, 0.6) is 0 Å². The molecule has 0 amide bonds. The molecule has 6 atom stereocenters. The van der Waals surface area contributed by atoms with E-state index >= 15 is 0 Å². The summed E-state index contributed by atoms with van der Waals surface area (Å²) in [6.07, 6.45) is 11.9. The molecule has 3 heteroatoms. The molecule has 2 nitrogen and oxygen atoms in total. The highest BCUT2D eigenvalue weighted by molar-refractivity contribution is 7.18. The van der Waals surface area contributed by atoms with E-state index in [0.29, 0.717) is 29.0 Å². The first-order valence-corrected chi connectivity index (χ1v) is 12.4. The highest BCUT2D eigenvalue weighted by atomic mass is 32.1. The normalized spacial score (nSPS) is 41.6. The minimum absolute atomic E-state index is 0.0238. The average molecular weight is 406 g/mol. The fourth-order valence-corrected chi connectivity index (χ4v) is 8.92. The number of carbonyl (C=O) groups is 1. The van der Waals surface area contributed by atoms with E-state index in [1.807, 2.05) is 11.3 Å². The number of aromatic nitrogens is 1. The van der Waals surface area contributed by atoms with E-state index in [9.17, 15) is 4.79 Å². The number of hydrogen-bond donors (Lipinski definition) is 0. The molecule has 3 fully saturated rings. The maximum atomic E-state index is 12.7. The Morgan fingerprint density at radius 1 is 1.03 bits per heavy atom. The van der Waals surface area contributed by atoms with Crippen LogP contribution in [-0.4, -0.2) is 10.8 Å². The maximum absolute atomic E-state index is 12.7. The standard InChI is InChI=1S/C26H31NOS/c1-25-14-13-20-18(19(25)11-12-23(25)28)10-9-17-8-7-16(15-26(17,20)2)24-27-21-5-3-4-6-22(21)29-24/h3-6,9,16,18-20H,7-8,10-15H2,1-2H3/t16?,18-,19-,20-,25-,26-/m0/s1. The monoisotopic (exact) mass is 405 g/mol. The van der Waals surface area contributed by atoms with Gasteiger partial charge in [0.05, 0.1) is 15.2 Å². The highest BCUT2D eigenvalue weighted by Gasteiger charge is 2.58. The summed E-state index contributed by atoms with van der Waals surface area (Å²) < 4.78 is 1.33. The lowest BCUT2D eigenvalue weighted by molar-refractivity contribution is -0.131. The highest BCUT2D eigenvalue weighted by Crippen LogP contribution is 2.65. The van der Waals surface area contributed by atoms with Gasteiger partial charge in [-0.3, -0.25) is 4.79 Å². The summed E-state index contributed by atoms with van der Waals surface area (Å²) >= 11 is 1.91. The van der Waals surface area contributed by atoms with Gasteiger partial charge in [0.2, 0.25) is 0 Å². The lowest BCUT2D eigenvalue weighted by Crippen LogP contribution is -2.50. The Kier molecular flexibility index (Phi) is 3.95. The van der Waals surface area contributed by atoms with Crippen LogP contribution in [-0.2, 0) is 4.79 Å². The molecule has 29 heavy (non-hydrogen) atoms. The molecule has 1 unspecified atom stereocenters. The third-order valence-electron chi connectivity index (χ3n) is 9.43. The molecule has 0 aliphatic heterocycles. The van der Waals surface area contributed by atoms with Crippen molar-refractivity contribution in [2.45, 2.75) is 71.1 Å². The van der Waals surface area contributed by atoms with Crippen molar-refractivity contribution in [2.75, 3.05) is 0 Å². The largest absolute Gasteiger partial charge is 0.299 e. The van der Waals surface area contributed by atoms with Crippen LogP contribution in [0.2, 0.25) is 0 Å². The number of carbonyl (C=O) groups excluding carboxylic acids is 1. The number of nitrogens with zero attached hydrogens (tertiary/aromatic N) is 1. The van der Waals surface area contributed by atoms with Gasteiger partial charge in [-0.2, -0.15) is 0 Å². The zero-order valence-corrected chi connectivity index (χ0v) is 18.4. The number of thiazole rings is 1. The first kappa shape index (κ1) is 18.3. The number of benzene rings is 1. The Bertz CT molecular complexity index is 988. The van der Waals surface area contributed by atoms with Crippen LogP contribution in [0.4, 0.5) is 0 Å². The fraction of sp³-hybridized carbons (Fsp3) is 0.615. The molecule has 0 spiro atoms. The molecule has 1 heterocycles. The molecule has 4 aliphatic carbocycles. The molecule has 4 aliphatic rings. The molecular formula is C26H31NOS. The van der Waals surface area contributed by atoms with Crippen molar-refractivity contribution >= 4 is 27.3 Å². The number of ketones is 1. The van der Waals surface area contributed by atoms with Gasteiger partial charge in [0.1, 0.15) is 5.78 Å². The van der Waals surface area contributed by atoms with Crippen molar-refractivity contribution in [3.05, 3.63) is 40.9 Å². The smallest absolute Gasteiger partial charge is 0.139 e. The summed E-state index contributed by atoms with van der Waals surface area (Å²) in [5.74, 6) is 3.22. The molecule has 3 saturated carbocycles. The molecule has 1 aromatic heterocycles. The van der Waals surface area contributed by atoms with Gasteiger partial charge in [-0.15, -0.1) is 11.3 Å². The summed E-state index contributed by atoms with van der Waals surface area (Å²) in [6.45, 7) is 4.85. The summed E-state index contributed by atoms with van der Waals surface area (Å²) in [4.78, 5) is 17.7. The van der Waals surface area contributed by atoms with Crippen LogP contribution in [0.15, 0.2) is 35.9 Å². The minimum Gasteiger partial charge on any atom is -0.299 e. The summed E-state index contributed by atoms with van der Waals surface area (Å²) in [5, 5.41) is 1.35. The van der Waals surface area contributed by atoms with Crippen LogP contribution in [0.1, 0.15) is 76.1 Å². The number of para-hydroxylation sites is 1.